The third kappa shape index (κ3) is 1.87. The summed E-state index contributed by atoms with van der Waals surface area (Å²) in [5, 5.41) is 2.75. The summed E-state index contributed by atoms with van der Waals surface area (Å²) in [6.45, 7) is 4.46. The van der Waals surface area contributed by atoms with E-state index in [0.717, 1.165) is 10.6 Å². The Labute approximate surface area is 93.4 Å². The van der Waals surface area contributed by atoms with E-state index in [1.807, 2.05) is 13.0 Å². The lowest BCUT2D eigenvalue weighted by atomic mass is 10.1. The molecule has 1 aliphatic rings. The molecule has 0 spiro atoms. The molecule has 0 bridgehead atoms. The second kappa shape index (κ2) is 3.87. The zero-order chi connectivity index (χ0) is 11.0. The van der Waals surface area contributed by atoms with Crippen molar-refractivity contribution in [1.29, 1.82) is 0 Å². The first kappa shape index (κ1) is 10.5. The fourth-order valence-corrected chi connectivity index (χ4v) is 2.80. The van der Waals surface area contributed by atoms with Crippen molar-refractivity contribution in [3.8, 4) is 0 Å². The van der Waals surface area contributed by atoms with Crippen molar-refractivity contribution in [2.75, 3.05) is 11.9 Å². The van der Waals surface area contributed by atoms with Gasteiger partial charge in [0.15, 0.2) is 0 Å². The first-order valence-electron chi connectivity index (χ1n) is 4.90. The van der Waals surface area contributed by atoms with Crippen LogP contribution in [0.5, 0.6) is 0 Å². The molecule has 0 aliphatic carbocycles. The molecule has 15 heavy (non-hydrogen) atoms. The van der Waals surface area contributed by atoms with Gasteiger partial charge in [-0.3, -0.25) is 4.79 Å². The molecule has 0 radical (unpaired) electrons. The van der Waals surface area contributed by atoms with Crippen LogP contribution >= 0.6 is 11.8 Å². The van der Waals surface area contributed by atoms with Gasteiger partial charge >= 0.3 is 0 Å². The zero-order valence-corrected chi connectivity index (χ0v) is 9.65. The van der Waals surface area contributed by atoms with Gasteiger partial charge in [0.05, 0.1) is 5.69 Å². The molecular formula is C11H14N2OS. The van der Waals surface area contributed by atoms with E-state index < -0.39 is 0 Å². The number of anilines is 1. The number of fused-ring (bicyclic) bond motifs is 1. The van der Waals surface area contributed by atoms with E-state index in [1.54, 1.807) is 11.8 Å². The van der Waals surface area contributed by atoms with Crippen LogP contribution in [0.3, 0.4) is 0 Å². The number of thioether (sulfide) groups is 1. The molecule has 80 valence electrons. The zero-order valence-electron chi connectivity index (χ0n) is 8.83. The maximum absolute atomic E-state index is 11.6. The van der Waals surface area contributed by atoms with Crippen LogP contribution in [0.1, 0.15) is 11.1 Å². The molecule has 0 fully saturated rings. The van der Waals surface area contributed by atoms with Crippen molar-refractivity contribution in [3.05, 3.63) is 23.3 Å². The van der Waals surface area contributed by atoms with Crippen molar-refractivity contribution in [1.82, 2.24) is 0 Å². The van der Waals surface area contributed by atoms with Crippen LogP contribution in [0.2, 0.25) is 0 Å². The maximum atomic E-state index is 11.6. The van der Waals surface area contributed by atoms with Gasteiger partial charge in [0.1, 0.15) is 5.25 Å². The first-order valence-corrected chi connectivity index (χ1v) is 5.78. The van der Waals surface area contributed by atoms with Gasteiger partial charge in [-0.25, -0.2) is 0 Å². The standard InChI is InChI=1S/C11H14N2OS/c1-6-3-7(2)10-8(4-6)13-11(14)9(5-12)15-10/h3-4,9H,5,12H2,1-2H3,(H,13,14). The highest BCUT2D eigenvalue weighted by atomic mass is 32.2. The summed E-state index contributed by atoms with van der Waals surface area (Å²) in [6.07, 6.45) is 0. The number of nitrogens with two attached hydrogens (primary N) is 1. The molecule has 1 atom stereocenters. The van der Waals surface area contributed by atoms with E-state index >= 15 is 0 Å². The van der Waals surface area contributed by atoms with Crippen molar-refractivity contribution in [2.45, 2.75) is 24.0 Å². The van der Waals surface area contributed by atoms with Gasteiger partial charge in [0.2, 0.25) is 5.91 Å². The highest BCUT2D eigenvalue weighted by Crippen LogP contribution is 2.38. The summed E-state index contributed by atoms with van der Waals surface area (Å²) < 4.78 is 0. The Morgan fingerprint density at radius 3 is 2.87 bits per heavy atom. The van der Waals surface area contributed by atoms with E-state index in [-0.39, 0.29) is 11.2 Å². The van der Waals surface area contributed by atoms with Crippen molar-refractivity contribution in [3.63, 3.8) is 0 Å². The molecule has 1 aromatic rings. The highest BCUT2D eigenvalue weighted by molar-refractivity contribution is 8.01. The predicted molar refractivity (Wildman–Crippen MR) is 63.2 cm³/mol. The van der Waals surface area contributed by atoms with Gasteiger partial charge in [-0.2, -0.15) is 0 Å². The molecule has 0 saturated carbocycles. The quantitative estimate of drug-likeness (QED) is 0.760. The number of benzene rings is 1. The van der Waals surface area contributed by atoms with Crippen LogP contribution in [0, 0.1) is 13.8 Å². The van der Waals surface area contributed by atoms with Gasteiger partial charge < -0.3 is 11.1 Å². The largest absolute Gasteiger partial charge is 0.329 e. The third-order valence-corrected chi connectivity index (χ3v) is 3.91. The number of hydrogen-bond acceptors (Lipinski definition) is 3. The topological polar surface area (TPSA) is 55.1 Å². The van der Waals surface area contributed by atoms with E-state index in [0.29, 0.717) is 6.54 Å². The molecule has 4 heteroatoms. The molecular weight excluding hydrogens is 208 g/mol. The second-order valence-corrected chi connectivity index (χ2v) is 5.00. The fraction of sp³-hybridized carbons (Fsp3) is 0.364. The number of amides is 1. The Balaban J connectivity index is 2.45. The minimum Gasteiger partial charge on any atom is -0.329 e. The third-order valence-electron chi connectivity index (χ3n) is 2.44. The molecule has 3 nitrogen and oxygen atoms in total. The van der Waals surface area contributed by atoms with Crippen LogP contribution in [-0.4, -0.2) is 17.7 Å². The molecule has 3 N–H and O–H groups in total. The van der Waals surface area contributed by atoms with E-state index in [9.17, 15) is 4.79 Å². The van der Waals surface area contributed by atoms with Gasteiger partial charge in [-0.1, -0.05) is 6.07 Å². The Bertz CT molecular complexity index is 417. The van der Waals surface area contributed by atoms with Crippen molar-refractivity contribution < 1.29 is 4.79 Å². The number of carbonyl (C=O) groups excluding carboxylic acids is 1. The molecule has 1 amide bonds. The number of rotatable bonds is 1. The molecule has 0 saturated heterocycles. The Kier molecular flexibility index (Phi) is 2.71. The van der Waals surface area contributed by atoms with E-state index in [1.165, 1.54) is 11.1 Å². The first-order chi connectivity index (χ1) is 7.11. The average Bonchev–Trinajstić information content (AvgIpc) is 2.16. The molecule has 1 unspecified atom stereocenters. The van der Waals surface area contributed by atoms with E-state index in [4.69, 9.17) is 5.73 Å². The van der Waals surface area contributed by atoms with Crippen LogP contribution in [-0.2, 0) is 4.79 Å². The normalized spacial score (nSPS) is 19.7. The summed E-state index contributed by atoms with van der Waals surface area (Å²) in [7, 11) is 0. The smallest absolute Gasteiger partial charge is 0.239 e. The minimum absolute atomic E-state index is 0.0139. The van der Waals surface area contributed by atoms with Crippen molar-refractivity contribution in [2.24, 2.45) is 5.73 Å². The van der Waals surface area contributed by atoms with Gasteiger partial charge in [0.25, 0.3) is 0 Å². The fourth-order valence-electron chi connectivity index (χ4n) is 1.77. The van der Waals surface area contributed by atoms with Crippen LogP contribution in [0.25, 0.3) is 0 Å². The van der Waals surface area contributed by atoms with E-state index in [2.05, 4.69) is 18.3 Å². The Morgan fingerprint density at radius 2 is 2.20 bits per heavy atom. The highest BCUT2D eigenvalue weighted by Gasteiger charge is 2.26. The average molecular weight is 222 g/mol. The monoisotopic (exact) mass is 222 g/mol. The summed E-state index contributed by atoms with van der Waals surface area (Å²) in [4.78, 5) is 12.7. The number of nitrogens with one attached hydrogen (secondary N) is 1. The van der Waals surface area contributed by atoms with Crippen molar-refractivity contribution >= 4 is 23.4 Å². The summed E-state index contributed by atoms with van der Waals surface area (Å²) in [5.41, 5.74) is 8.84. The van der Waals surface area contributed by atoms with Gasteiger partial charge in [0, 0.05) is 11.4 Å². The number of hydrogen-bond donors (Lipinski definition) is 2. The lowest BCUT2D eigenvalue weighted by molar-refractivity contribution is -0.115. The molecule has 1 aliphatic heterocycles. The Morgan fingerprint density at radius 1 is 1.47 bits per heavy atom. The predicted octanol–water partition coefficient (Wildman–Crippen LogP) is 1.67. The summed E-state index contributed by atoms with van der Waals surface area (Å²) in [6, 6.07) is 4.12. The van der Waals surface area contributed by atoms with Gasteiger partial charge in [-0.15, -0.1) is 11.8 Å². The lowest BCUT2D eigenvalue weighted by Gasteiger charge is -2.24. The Hall–Kier alpha value is -1.000. The number of aryl methyl sites for hydroxylation is 2. The molecule has 1 aromatic carbocycles. The lowest BCUT2D eigenvalue weighted by Crippen LogP contribution is -2.34. The van der Waals surface area contributed by atoms with Crippen LogP contribution in [0.4, 0.5) is 5.69 Å². The number of carbonyl (C=O) groups is 1. The summed E-state index contributed by atoms with van der Waals surface area (Å²) >= 11 is 1.56. The van der Waals surface area contributed by atoms with Gasteiger partial charge in [-0.05, 0) is 31.0 Å². The molecule has 0 aromatic heterocycles. The van der Waals surface area contributed by atoms with Crippen LogP contribution in [0.15, 0.2) is 17.0 Å². The van der Waals surface area contributed by atoms with Crippen LogP contribution < -0.4 is 11.1 Å². The second-order valence-electron chi connectivity index (χ2n) is 3.79. The SMILES string of the molecule is Cc1cc(C)c2c(c1)NC(=O)C(CN)S2. The molecule has 1 heterocycles. The molecule has 2 rings (SSSR count). The maximum Gasteiger partial charge on any atom is 0.239 e. The summed E-state index contributed by atoms with van der Waals surface area (Å²) in [5.74, 6) is 0.0139. The minimum atomic E-state index is -0.154.